The number of carbonyl (C=O) groups excluding carboxylic acids is 1. The maximum Gasteiger partial charge on any atom is 0.176 e. The quantitative estimate of drug-likeness (QED) is 0.523. The van der Waals surface area contributed by atoms with Crippen molar-refractivity contribution in [1.82, 2.24) is 0 Å². The third-order valence-corrected chi connectivity index (χ3v) is 6.40. The number of anilines is 2. The number of phenolic OH excluding ortho intramolecular Hbond substituents is 1. The van der Waals surface area contributed by atoms with Gasteiger partial charge in [-0.15, -0.1) is 0 Å². The number of halogens is 1. The average molecular weight is 441 g/mol. The SMILES string of the molecule is CCOc1cc([C@H]2Nc3cc(C)c(C)cc3NC3=C2C(=O)CC(C)(C)C3)cc(Cl)c1O. The van der Waals surface area contributed by atoms with E-state index in [0.29, 0.717) is 18.8 Å². The van der Waals surface area contributed by atoms with E-state index in [-0.39, 0.29) is 22.0 Å². The van der Waals surface area contributed by atoms with Crippen LogP contribution in [0.5, 0.6) is 11.5 Å². The molecule has 0 saturated carbocycles. The van der Waals surface area contributed by atoms with Crippen LogP contribution in [0.4, 0.5) is 11.4 Å². The Morgan fingerprint density at radius 2 is 1.81 bits per heavy atom. The van der Waals surface area contributed by atoms with Gasteiger partial charge in [-0.05, 0) is 73.6 Å². The van der Waals surface area contributed by atoms with Crippen molar-refractivity contribution in [3.8, 4) is 11.5 Å². The number of fused-ring (bicyclic) bond motifs is 1. The third kappa shape index (κ3) is 3.99. The first-order valence-electron chi connectivity index (χ1n) is 10.7. The second-order valence-electron chi connectivity index (χ2n) is 9.30. The second-order valence-corrected chi connectivity index (χ2v) is 9.71. The van der Waals surface area contributed by atoms with Crippen molar-refractivity contribution in [2.75, 3.05) is 17.2 Å². The monoisotopic (exact) mass is 440 g/mol. The molecular formula is C25H29ClN2O3. The maximum absolute atomic E-state index is 13.4. The van der Waals surface area contributed by atoms with Gasteiger partial charge in [-0.2, -0.15) is 0 Å². The molecule has 0 bridgehead atoms. The number of aromatic hydroxyl groups is 1. The van der Waals surface area contributed by atoms with Gasteiger partial charge in [-0.25, -0.2) is 0 Å². The molecule has 1 atom stereocenters. The number of carbonyl (C=O) groups is 1. The number of hydrogen-bond donors (Lipinski definition) is 3. The molecule has 164 valence electrons. The number of Topliss-reactive ketones (excluding diaryl/α,β-unsaturated/α-hetero) is 1. The van der Waals surface area contributed by atoms with Crippen LogP contribution in [0.1, 0.15) is 56.3 Å². The van der Waals surface area contributed by atoms with Crippen LogP contribution in [0.2, 0.25) is 5.02 Å². The molecule has 0 amide bonds. The highest BCUT2D eigenvalue weighted by molar-refractivity contribution is 6.32. The lowest BCUT2D eigenvalue weighted by Crippen LogP contribution is -2.31. The van der Waals surface area contributed by atoms with Crippen molar-refractivity contribution < 1.29 is 14.6 Å². The van der Waals surface area contributed by atoms with Gasteiger partial charge in [-0.3, -0.25) is 4.79 Å². The Labute approximate surface area is 188 Å². The summed E-state index contributed by atoms with van der Waals surface area (Å²) in [6.07, 6.45) is 1.24. The highest BCUT2D eigenvalue weighted by Gasteiger charge is 2.39. The van der Waals surface area contributed by atoms with Gasteiger partial charge < -0.3 is 20.5 Å². The zero-order chi connectivity index (χ0) is 22.5. The van der Waals surface area contributed by atoms with Crippen molar-refractivity contribution in [3.05, 3.63) is 57.2 Å². The predicted octanol–water partition coefficient (Wildman–Crippen LogP) is 6.28. The maximum atomic E-state index is 13.4. The van der Waals surface area contributed by atoms with Gasteiger partial charge in [-0.1, -0.05) is 25.4 Å². The lowest BCUT2D eigenvalue weighted by molar-refractivity contribution is -0.118. The smallest absolute Gasteiger partial charge is 0.176 e. The summed E-state index contributed by atoms with van der Waals surface area (Å²) in [4.78, 5) is 13.4. The number of hydrogen-bond acceptors (Lipinski definition) is 5. The van der Waals surface area contributed by atoms with Crippen LogP contribution in [0.25, 0.3) is 0 Å². The Bertz CT molecular complexity index is 1100. The minimum atomic E-state index is -0.410. The van der Waals surface area contributed by atoms with Crippen LogP contribution in [-0.2, 0) is 4.79 Å². The molecule has 2 aliphatic rings. The summed E-state index contributed by atoms with van der Waals surface area (Å²) in [7, 11) is 0. The highest BCUT2D eigenvalue weighted by Crippen LogP contribution is 2.47. The number of rotatable bonds is 3. The van der Waals surface area contributed by atoms with Crippen molar-refractivity contribution in [2.45, 2.75) is 53.5 Å². The average Bonchev–Trinajstić information content (AvgIpc) is 2.81. The minimum absolute atomic E-state index is 0.0869. The van der Waals surface area contributed by atoms with Crippen molar-refractivity contribution >= 4 is 28.8 Å². The first kappa shape index (κ1) is 21.6. The number of aryl methyl sites for hydroxylation is 2. The van der Waals surface area contributed by atoms with E-state index in [1.54, 1.807) is 12.1 Å². The van der Waals surface area contributed by atoms with Crippen LogP contribution in [0.3, 0.4) is 0 Å². The number of allylic oxidation sites excluding steroid dienone is 1. The molecule has 1 aliphatic carbocycles. The molecule has 2 aromatic rings. The van der Waals surface area contributed by atoms with E-state index in [0.717, 1.165) is 40.2 Å². The largest absolute Gasteiger partial charge is 0.503 e. The van der Waals surface area contributed by atoms with Crippen molar-refractivity contribution in [2.24, 2.45) is 5.41 Å². The van der Waals surface area contributed by atoms with Gasteiger partial charge in [0, 0.05) is 17.7 Å². The summed E-state index contributed by atoms with van der Waals surface area (Å²) in [6, 6.07) is 7.29. The number of benzene rings is 2. The number of phenols is 1. The van der Waals surface area contributed by atoms with Crippen LogP contribution < -0.4 is 15.4 Å². The van der Waals surface area contributed by atoms with E-state index in [2.05, 4.69) is 50.5 Å². The number of nitrogens with one attached hydrogen (secondary N) is 2. The van der Waals surface area contributed by atoms with Crippen LogP contribution in [0, 0.1) is 19.3 Å². The lowest BCUT2D eigenvalue weighted by Gasteiger charge is -2.34. The van der Waals surface area contributed by atoms with Crippen LogP contribution in [-0.4, -0.2) is 17.5 Å². The minimum Gasteiger partial charge on any atom is -0.503 e. The van der Waals surface area contributed by atoms with Gasteiger partial charge in [0.25, 0.3) is 0 Å². The molecule has 5 nitrogen and oxygen atoms in total. The van der Waals surface area contributed by atoms with Gasteiger partial charge in [0.15, 0.2) is 17.3 Å². The van der Waals surface area contributed by atoms with Crippen molar-refractivity contribution in [3.63, 3.8) is 0 Å². The highest BCUT2D eigenvalue weighted by atomic mass is 35.5. The topological polar surface area (TPSA) is 70.6 Å². The molecule has 0 saturated heterocycles. The summed E-state index contributed by atoms with van der Waals surface area (Å²) in [5.74, 6) is 0.339. The zero-order valence-corrected chi connectivity index (χ0v) is 19.4. The van der Waals surface area contributed by atoms with E-state index in [9.17, 15) is 9.90 Å². The number of ether oxygens (including phenoxy) is 1. The lowest BCUT2D eigenvalue weighted by atomic mass is 9.73. The Kier molecular flexibility index (Phi) is 5.42. The molecule has 0 aromatic heterocycles. The summed E-state index contributed by atoms with van der Waals surface area (Å²) < 4.78 is 5.60. The summed E-state index contributed by atoms with van der Waals surface area (Å²) >= 11 is 6.34. The van der Waals surface area contributed by atoms with E-state index < -0.39 is 6.04 Å². The molecule has 3 N–H and O–H groups in total. The summed E-state index contributed by atoms with van der Waals surface area (Å²) in [5.41, 5.74) is 6.53. The van der Waals surface area contributed by atoms with Gasteiger partial charge in [0.2, 0.25) is 0 Å². The molecule has 0 fully saturated rings. The van der Waals surface area contributed by atoms with Crippen molar-refractivity contribution in [1.29, 1.82) is 0 Å². The molecule has 4 rings (SSSR count). The summed E-state index contributed by atoms with van der Waals surface area (Å²) in [5, 5.41) is 17.7. The van der Waals surface area contributed by atoms with E-state index >= 15 is 0 Å². The zero-order valence-electron chi connectivity index (χ0n) is 18.6. The first-order chi connectivity index (χ1) is 14.6. The fraction of sp³-hybridized carbons (Fsp3) is 0.400. The standard InChI is InChI=1S/C25H29ClN2O3/c1-6-31-21-10-15(9-16(26)24(21)30)23-22-19(11-25(4,5)12-20(22)29)27-17-7-13(2)14(3)8-18(17)28-23/h7-10,23,27-28,30H,6,11-12H2,1-5H3/t23-/m1/s1. The Hall–Kier alpha value is -2.66. The molecule has 1 aliphatic heterocycles. The molecular weight excluding hydrogens is 412 g/mol. The van der Waals surface area contributed by atoms with E-state index in [1.807, 2.05) is 6.92 Å². The molecule has 2 aromatic carbocycles. The fourth-order valence-electron chi connectivity index (χ4n) is 4.49. The fourth-order valence-corrected chi connectivity index (χ4v) is 4.71. The van der Waals surface area contributed by atoms with Crippen LogP contribution >= 0.6 is 11.6 Å². The molecule has 0 radical (unpaired) electrons. The number of ketones is 1. The van der Waals surface area contributed by atoms with Gasteiger partial charge in [0.05, 0.1) is 29.0 Å². The predicted molar refractivity (Wildman–Crippen MR) is 125 cm³/mol. The molecule has 1 heterocycles. The first-order valence-corrected chi connectivity index (χ1v) is 11.0. The van der Waals surface area contributed by atoms with E-state index in [4.69, 9.17) is 16.3 Å². The van der Waals surface area contributed by atoms with Crippen LogP contribution in [0.15, 0.2) is 35.5 Å². The molecule has 6 heteroatoms. The third-order valence-electron chi connectivity index (χ3n) is 6.11. The molecule has 0 unspecified atom stereocenters. The Balaban J connectivity index is 1.92. The molecule has 0 spiro atoms. The second kappa shape index (κ2) is 7.79. The summed E-state index contributed by atoms with van der Waals surface area (Å²) in [6.45, 7) is 10.6. The normalized spacial score (nSPS) is 19.7. The van der Waals surface area contributed by atoms with E-state index in [1.165, 1.54) is 5.56 Å². The van der Waals surface area contributed by atoms with Gasteiger partial charge >= 0.3 is 0 Å². The molecule has 31 heavy (non-hydrogen) atoms. The Morgan fingerprint density at radius 3 is 2.48 bits per heavy atom. The Morgan fingerprint density at radius 1 is 1.13 bits per heavy atom. The van der Waals surface area contributed by atoms with Gasteiger partial charge in [0.1, 0.15) is 0 Å².